The van der Waals surface area contributed by atoms with E-state index in [0.29, 0.717) is 23.7 Å². The number of fused-ring (bicyclic) bond motifs is 2. The van der Waals surface area contributed by atoms with Gasteiger partial charge in [-0.1, -0.05) is 0 Å². The summed E-state index contributed by atoms with van der Waals surface area (Å²) >= 11 is 0. The Balaban J connectivity index is 1.44. The third-order valence-electron chi connectivity index (χ3n) is 6.93. The molecule has 9 heteroatoms. The van der Waals surface area contributed by atoms with Gasteiger partial charge in [0.05, 0.1) is 14.2 Å². The molecule has 2 aromatic rings. The summed E-state index contributed by atoms with van der Waals surface area (Å²) in [6.45, 7) is 1.99. The molecule has 1 aromatic carbocycles. The lowest BCUT2D eigenvalue weighted by molar-refractivity contribution is -0.117. The number of aromatic nitrogens is 1. The van der Waals surface area contributed by atoms with Crippen molar-refractivity contribution in [1.82, 2.24) is 9.88 Å². The number of hydrogen-bond donors (Lipinski definition) is 0. The summed E-state index contributed by atoms with van der Waals surface area (Å²) < 4.78 is 39.7. The van der Waals surface area contributed by atoms with Crippen molar-refractivity contribution in [3.05, 3.63) is 41.5 Å². The summed E-state index contributed by atoms with van der Waals surface area (Å²) in [4.78, 5) is 23.8. The minimum atomic E-state index is -0.715. The molecule has 0 radical (unpaired) electrons. The first-order chi connectivity index (χ1) is 15.4. The normalized spacial score (nSPS) is 25.2. The van der Waals surface area contributed by atoms with Crippen LogP contribution in [-0.4, -0.2) is 68.8 Å². The van der Waals surface area contributed by atoms with Gasteiger partial charge in [0.1, 0.15) is 23.2 Å². The van der Waals surface area contributed by atoms with Gasteiger partial charge < -0.3 is 14.4 Å². The van der Waals surface area contributed by atoms with E-state index in [1.807, 2.05) is 12.1 Å². The average molecular weight is 444 g/mol. The highest BCUT2D eigenvalue weighted by atomic mass is 19.1. The second kappa shape index (κ2) is 7.88. The Bertz CT molecular complexity index is 1040. The summed E-state index contributed by atoms with van der Waals surface area (Å²) in [5.41, 5.74) is -0.100. The van der Waals surface area contributed by atoms with E-state index in [0.717, 1.165) is 37.5 Å². The molecule has 4 heterocycles. The fraction of sp³-hybridized carbons (Fsp3) is 0.478. The molecule has 5 rings (SSSR count). The van der Waals surface area contributed by atoms with E-state index in [1.165, 1.54) is 19.1 Å². The molecule has 1 amide bonds. The first kappa shape index (κ1) is 20.9. The maximum atomic E-state index is 14.6. The van der Waals surface area contributed by atoms with Crippen LogP contribution < -0.4 is 19.3 Å². The molecule has 3 fully saturated rings. The highest BCUT2D eigenvalue weighted by Crippen LogP contribution is 2.40. The highest BCUT2D eigenvalue weighted by Gasteiger charge is 2.43. The zero-order chi connectivity index (χ0) is 22.6. The molecule has 0 N–H and O–H groups in total. The van der Waals surface area contributed by atoms with E-state index in [4.69, 9.17) is 14.5 Å². The Morgan fingerprint density at radius 3 is 2.38 bits per heavy atom. The molecule has 3 unspecified atom stereocenters. The van der Waals surface area contributed by atoms with Crippen LogP contribution in [0.25, 0.3) is 0 Å². The number of likely N-dealkylation sites (N-methyl/N-ethyl adjacent to an activating group) is 1. The number of nitrogens with zero attached hydrogens (tertiary/aromatic N) is 4. The van der Waals surface area contributed by atoms with Gasteiger partial charge in [-0.3, -0.25) is 14.6 Å². The molecule has 0 saturated carbocycles. The quantitative estimate of drug-likeness (QED) is 0.707. The number of piperazine rings is 1. The summed E-state index contributed by atoms with van der Waals surface area (Å²) in [5.74, 6) is -0.552. The smallest absolute Gasteiger partial charge is 0.228 e. The predicted molar refractivity (Wildman–Crippen MR) is 116 cm³/mol. The van der Waals surface area contributed by atoms with Gasteiger partial charge in [0.25, 0.3) is 0 Å². The number of carbonyl (C=O) groups excluding carboxylic acids is 1. The number of ether oxygens (including phenoxy) is 2. The summed E-state index contributed by atoms with van der Waals surface area (Å²) in [6.07, 6.45) is 1.09. The van der Waals surface area contributed by atoms with Crippen LogP contribution in [0.4, 0.5) is 20.4 Å². The molecular formula is C23H26F2N4O3. The summed E-state index contributed by atoms with van der Waals surface area (Å²) in [6, 6.07) is 6.90. The number of benzene rings is 1. The number of likely N-dealkylation sites (tertiary alicyclic amines) is 1. The van der Waals surface area contributed by atoms with Crippen molar-refractivity contribution in [3.63, 3.8) is 0 Å². The van der Waals surface area contributed by atoms with Crippen molar-refractivity contribution < 1.29 is 23.0 Å². The van der Waals surface area contributed by atoms with Crippen molar-refractivity contribution in [1.29, 1.82) is 0 Å². The molecule has 0 spiro atoms. The van der Waals surface area contributed by atoms with E-state index in [-0.39, 0.29) is 30.2 Å². The van der Waals surface area contributed by atoms with Gasteiger partial charge in [-0.2, -0.15) is 0 Å². The zero-order valence-electron chi connectivity index (χ0n) is 18.3. The highest BCUT2D eigenvalue weighted by molar-refractivity contribution is 5.97. The Labute approximate surface area is 185 Å². The van der Waals surface area contributed by atoms with Gasteiger partial charge in [0.2, 0.25) is 5.91 Å². The first-order valence-corrected chi connectivity index (χ1v) is 10.7. The van der Waals surface area contributed by atoms with Gasteiger partial charge in [-0.25, -0.2) is 13.8 Å². The van der Waals surface area contributed by atoms with Crippen LogP contribution in [0.2, 0.25) is 0 Å². The van der Waals surface area contributed by atoms with Crippen molar-refractivity contribution in [2.75, 3.05) is 50.7 Å². The molecular weight excluding hydrogens is 418 g/mol. The lowest BCUT2D eigenvalue weighted by Gasteiger charge is -2.33. The maximum Gasteiger partial charge on any atom is 0.228 e. The number of anilines is 2. The molecule has 32 heavy (non-hydrogen) atoms. The predicted octanol–water partition coefficient (Wildman–Crippen LogP) is 2.79. The third kappa shape index (κ3) is 3.35. The number of amides is 1. The minimum Gasteiger partial charge on any atom is -0.497 e. The van der Waals surface area contributed by atoms with Crippen LogP contribution in [0.15, 0.2) is 24.3 Å². The SMILES string of the molecule is COc1cc(F)c(C2CC(=O)N(c3nc(N4CC5CC4CN5C)ccc3OC)C2)c(F)c1. The monoisotopic (exact) mass is 444 g/mol. The topological polar surface area (TPSA) is 58.1 Å². The van der Waals surface area contributed by atoms with E-state index in [9.17, 15) is 13.6 Å². The molecule has 2 bridgehead atoms. The molecule has 1 aromatic heterocycles. The first-order valence-electron chi connectivity index (χ1n) is 10.7. The molecule has 3 saturated heterocycles. The lowest BCUT2D eigenvalue weighted by Crippen LogP contribution is -2.45. The molecule has 3 aliphatic heterocycles. The van der Waals surface area contributed by atoms with Crippen LogP contribution >= 0.6 is 0 Å². The van der Waals surface area contributed by atoms with Crippen LogP contribution in [0.1, 0.15) is 24.3 Å². The van der Waals surface area contributed by atoms with Crippen LogP contribution in [0.3, 0.4) is 0 Å². The molecule has 7 nitrogen and oxygen atoms in total. The Morgan fingerprint density at radius 1 is 1.03 bits per heavy atom. The van der Waals surface area contributed by atoms with Gasteiger partial charge in [-0.05, 0) is 25.6 Å². The van der Waals surface area contributed by atoms with E-state index >= 15 is 0 Å². The van der Waals surface area contributed by atoms with Crippen LogP contribution in [-0.2, 0) is 4.79 Å². The van der Waals surface area contributed by atoms with Crippen LogP contribution in [0, 0.1) is 11.6 Å². The Kier molecular flexibility index (Phi) is 5.16. The van der Waals surface area contributed by atoms with Gasteiger partial charge in [0, 0.05) is 61.8 Å². The summed E-state index contributed by atoms with van der Waals surface area (Å²) in [7, 11) is 5.01. The van der Waals surface area contributed by atoms with E-state index in [2.05, 4.69) is 16.8 Å². The largest absolute Gasteiger partial charge is 0.497 e. The third-order valence-corrected chi connectivity index (χ3v) is 6.93. The van der Waals surface area contributed by atoms with Crippen molar-refractivity contribution in [3.8, 4) is 11.5 Å². The van der Waals surface area contributed by atoms with Gasteiger partial charge in [0.15, 0.2) is 11.6 Å². The van der Waals surface area contributed by atoms with Crippen molar-refractivity contribution >= 4 is 17.5 Å². The second-order valence-corrected chi connectivity index (χ2v) is 8.74. The van der Waals surface area contributed by atoms with Crippen molar-refractivity contribution in [2.45, 2.75) is 30.8 Å². The summed E-state index contributed by atoms with van der Waals surface area (Å²) in [5, 5.41) is 0. The standard InChI is InChI=1S/C23H26F2N4O3/c1-27-11-15-7-14(27)12-28(15)20-5-4-19(32-3)23(26-20)29-10-13(6-21(29)30)22-17(24)8-16(31-2)9-18(22)25/h4-5,8-9,13-15H,6-7,10-12H2,1-3H3. The number of methoxy groups -OCH3 is 2. The van der Waals surface area contributed by atoms with Crippen LogP contribution in [0.5, 0.6) is 11.5 Å². The number of carbonyl (C=O) groups is 1. The van der Waals surface area contributed by atoms with Gasteiger partial charge in [-0.15, -0.1) is 0 Å². The zero-order valence-corrected chi connectivity index (χ0v) is 18.3. The fourth-order valence-electron chi connectivity index (χ4n) is 5.26. The maximum absolute atomic E-state index is 14.6. The number of halogens is 2. The molecule has 0 aliphatic carbocycles. The number of rotatable bonds is 5. The minimum absolute atomic E-state index is 0.00552. The van der Waals surface area contributed by atoms with E-state index < -0.39 is 17.6 Å². The Hall–Kier alpha value is -2.94. The van der Waals surface area contributed by atoms with E-state index in [1.54, 1.807) is 0 Å². The Morgan fingerprint density at radius 2 is 1.78 bits per heavy atom. The number of pyridine rings is 1. The fourth-order valence-corrected chi connectivity index (χ4v) is 5.26. The molecule has 170 valence electrons. The van der Waals surface area contributed by atoms with Crippen molar-refractivity contribution in [2.24, 2.45) is 0 Å². The number of hydrogen-bond acceptors (Lipinski definition) is 6. The van der Waals surface area contributed by atoms with Gasteiger partial charge >= 0.3 is 0 Å². The molecule has 3 atom stereocenters. The second-order valence-electron chi connectivity index (χ2n) is 8.74. The lowest BCUT2D eigenvalue weighted by atomic mass is 9.97. The average Bonchev–Trinajstić information content (AvgIpc) is 3.46. The molecule has 3 aliphatic rings.